The van der Waals surface area contributed by atoms with Crippen molar-refractivity contribution in [1.29, 1.82) is 0 Å². The summed E-state index contributed by atoms with van der Waals surface area (Å²) in [7, 11) is 0. The summed E-state index contributed by atoms with van der Waals surface area (Å²) in [6, 6.07) is 25.6. The standard InChI is InChI=1S/C35H22ClFN4O4S2/c1-19-10-15-27-23(16-19)29(42)28-30(45-27)31(43)41(33-38-39-34(47-33)46-18-20-11-13-22(36)14-12-20)35(28)24-7-3-5-9-26(24)40(32(35)44)17-21-6-2-4-8-25(21)37/h2-16H,17-18H2,1H3. The Hall–Kier alpha value is -4.84. The van der Waals surface area contributed by atoms with Gasteiger partial charge in [0.1, 0.15) is 11.4 Å². The largest absolute Gasteiger partial charge is 0.450 e. The quantitative estimate of drug-likeness (QED) is 0.133. The van der Waals surface area contributed by atoms with Crippen LogP contribution in [0.2, 0.25) is 5.02 Å². The van der Waals surface area contributed by atoms with Gasteiger partial charge in [-0.05, 0) is 48.9 Å². The maximum absolute atomic E-state index is 15.1. The van der Waals surface area contributed by atoms with Crippen LogP contribution in [0, 0.1) is 12.7 Å². The molecular formula is C35H22ClFN4O4S2. The SMILES string of the molecule is Cc1ccc2oc3c(c(=O)c2c1)C1(C(=O)N(Cc2ccccc2F)c2ccccc21)N(c1nnc(SCc2ccc(Cl)cc2)s1)C3=O. The van der Waals surface area contributed by atoms with Crippen LogP contribution in [0.1, 0.15) is 38.4 Å². The van der Waals surface area contributed by atoms with Gasteiger partial charge >= 0.3 is 0 Å². The minimum Gasteiger partial charge on any atom is -0.450 e. The van der Waals surface area contributed by atoms with Crippen molar-refractivity contribution in [3.8, 4) is 0 Å². The number of amides is 2. The lowest BCUT2D eigenvalue weighted by Gasteiger charge is -2.32. The van der Waals surface area contributed by atoms with Crippen LogP contribution in [0.25, 0.3) is 11.0 Å². The summed E-state index contributed by atoms with van der Waals surface area (Å²) in [6.07, 6.45) is 0. The number of nitrogens with zero attached hydrogens (tertiary/aromatic N) is 4. The van der Waals surface area contributed by atoms with Crippen LogP contribution in [0.3, 0.4) is 0 Å². The number of rotatable bonds is 6. The van der Waals surface area contributed by atoms with Gasteiger partial charge in [-0.3, -0.25) is 19.3 Å². The second-order valence-electron chi connectivity index (χ2n) is 11.3. The summed E-state index contributed by atoms with van der Waals surface area (Å²) >= 11 is 8.58. The Kier molecular flexibility index (Phi) is 7.01. The van der Waals surface area contributed by atoms with Gasteiger partial charge in [0, 0.05) is 21.9 Å². The Morgan fingerprint density at radius 3 is 2.53 bits per heavy atom. The van der Waals surface area contributed by atoms with Gasteiger partial charge < -0.3 is 9.32 Å². The van der Waals surface area contributed by atoms with Crippen molar-refractivity contribution in [2.45, 2.75) is 29.1 Å². The molecule has 12 heteroatoms. The Labute approximate surface area is 280 Å². The minimum atomic E-state index is -1.97. The Balaban J connectivity index is 1.32. The van der Waals surface area contributed by atoms with Gasteiger partial charge in [-0.1, -0.05) is 94.9 Å². The number of para-hydroxylation sites is 1. The highest BCUT2D eigenvalue weighted by molar-refractivity contribution is 8.00. The number of thioether (sulfide) groups is 1. The fraction of sp³-hybridized carbons (Fsp3) is 0.114. The molecule has 47 heavy (non-hydrogen) atoms. The Morgan fingerprint density at radius 2 is 1.72 bits per heavy atom. The molecule has 2 aromatic heterocycles. The minimum absolute atomic E-state index is 0.0975. The molecule has 0 saturated heterocycles. The molecule has 2 aliphatic heterocycles. The maximum atomic E-state index is 15.1. The molecule has 0 aliphatic carbocycles. The normalized spacial score (nSPS) is 16.8. The zero-order chi connectivity index (χ0) is 32.4. The van der Waals surface area contributed by atoms with E-state index in [2.05, 4.69) is 10.2 Å². The van der Waals surface area contributed by atoms with Crippen LogP contribution in [-0.2, 0) is 22.6 Å². The van der Waals surface area contributed by atoms with Crippen LogP contribution in [0.4, 0.5) is 15.2 Å². The summed E-state index contributed by atoms with van der Waals surface area (Å²) in [5.74, 6) is -1.45. The number of fused-ring (bicyclic) bond motifs is 5. The first-order valence-corrected chi connectivity index (χ1v) is 16.7. The zero-order valence-electron chi connectivity index (χ0n) is 24.6. The van der Waals surface area contributed by atoms with Gasteiger partial charge in [-0.2, -0.15) is 0 Å². The number of hydrogen-bond acceptors (Lipinski definition) is 8. The van der Waals surface area contributed by atoms with E-state index in [4.69, 9.17) is 16.0 Å². The molecule has 232 valence electrons. The smallest absolute Gasteiger partial charge is 0.297 e. The highest BCUT2D eigenvalue weighted by Crippen LogP contribution is 2.55. The molecule has 8 rings (SSSR count). The van der Waals surface area contributed by atoms with Crippen LogP contribution < -0.4 is 15.2 Å². The number of hydrogen-bond donors (Lipinski definition) is 0. The molecule has 0 N–H and O–H groups in total. The number of halogens is 2. The van der Waals surface area contributed by atoms with E-state index in [9.17, 15) is 14.0 Å². The molecule has 0 radical (unpaired) electrons. The molecule has 0 bridgehead atoms. The fourth-order valence-electron chi connectivity index (χ4n) is 6.31. The van der Waals surface area contributed by atoms with E-state index in [-0.39, 0.29) is 39.5 Å². The summed E-state index contributed by atoms with van der Waals surface area (Å²) < 4.78 is 21.7. The molecule has 4 aromatic carbocycles. The van der Waals surface area contributed by atoms with E-state index in [1.165, 1.54) is 27.6 Å². The highest BCUT2D eigenvalue weighted by Gasteiger charge is 2.66. The molecule has 1 atom stereocenters. The summed E-state index contributed by atoms with van der Waals surface area (Å²) in [5, 5.41) is 9.71. The molecule has 1 spiro atoms. The van der Waals surface area contributed by atoms with Gasteiger partial charge in [0.15, 0.2) is 15.3 Å². The fourth-order valence-corrected chi connectivity index (χ4v) is 8.28. The van der Waals surface area contributed by atoms with Gasteiger partial charge in [-0.15, -0.1) is 10.2 Å². The summed E-state index contributed by atoms with van der Waals surface area (Å²) in [5.41, 5.74) is 0.590. The monoisotopic (exact) mass is 680 g/mol. The third-order valence-electron chi connectivity index (χ3n) is 8.43. The molecule has 4 heterocycles. The second-order valence-corrected chi connectivity index (χ2v) is 13.9. The predicted molar refractivity (Wildman–Crippen MR) is 180 cm³/mol. The molecule has 8 nitrogen and oxygen atoms in total. The number of carbonyl (C=O) groups is 2. The number of aromatic nitrogens is 2. The lowest BCUT2D eigenvalue weighted by molar-refractivity contribution is -0.121. The van der Waals surface area contributed by atoms with Crippen LogP contribution in [0.5, 0.6) is 0 Å². The van der Waals surface area contributed by atoms with Crippen molar-refractivity contribution < 1.29 is 18.4 Å². The topological polar surface area (TPSA) is 96.6 Å². The molecule has 6 aromatic rings. The van der Waals surface area contributed by atoms with E-state index in [1.807, 2.05) is 19.1 Å². The third kappa shape index (κ3) is 4.52. The average Bonchev–Trinajstić information content (AvgIpc) is 3.71. The van der Waals surface area contributed by atoms with Crippen molar-refractivity contribution in [1.82, 2.24) is 10.2 Å². The molecular weight excluding hydrogens is 659 g/mol. The second kappa shape index (κ2) is 11.2. The molecule has 0 fully saturated rings. The molecule has 2 amide bonds. The van der Waals surface area contributed by atoms with E-state index >= 15 is 4.79 Å². The zero-order valence-corrected chi connectivity index (χ0v) is 27.0. The summed E-state index contributed by atoms with van der Waals surface area (Å²) in [4.78, 5) is 46.7. The van der Waals surface area contributed by atoms with Gasteiger partial charge in [0.25, 0.3) is 11.8 Å². The third-order valence-corrected chi connectivity index (χ3v) is 10.8. The van der Waals surface area contributed by atoms with Crippen LogP contribution in [-0.4, -0.2) is 22.0 Å². The van der Waals surface area contributed by atoms with Crippen molar-refractivity contribution in [2.24, 2.45) is 0 Å². The van der Waals surface area contributed by atoms with E-state index in [0.29, 0.717) is 26.4 Å². The van der Waals surface area contributed by atoms with Gasteiger partial charge in [0.2, 0.25) is 10.9 Å². The van der Waals surface area contributed by atoms with Crippen molar-refractivity contribution >= 4 is 68.3 Å². The maximum Gasteiger partial charge on any atom is 0.297 e. The lowest BCUT2D eigenvalue weighted by atomic mass is 9.84. The van der Waals surface area contributed by atoms with Crippen molar-refractivity contribution in [2.75, 3.05) is 9.80 Å². The van der Waals surface area contributed by atoms with Gasteiger partial charge in [-0.25, -0.2) is 4.39 Å². The summed E-state index contributed by atoms with van der Waals surface area (Å²) in [6.45, 7) is 1.72. The average molecular weight is 681 g/mol. The van der Waals surface area contributed by atoms with E-state index in [0.717, 1.165) is 22.5 Å². The van der Waals surface area contributed by atoms with E-state index in [1.54, 1.807) is 72.8 Å². The van der Waals surface area contributed by atoms with Crippen molar-refractivity contribution in [3.63, 3.8) is 0 Å². The first-order chi connectivity index (χ1) is 22.8. The number of aryl methyl sites for hydroxylation is 1. The van der Waals surface area contributed by atoms with Crippen LogP contribution >= 0.6 is 34.7 Å². The van der Waals surface area contributed by atoms with Crippen molar-refractivity contribution in [3.05, 3.63) is 146 Å². The van der Waals surface area contributed by atoms with Crippen LogP contribution in [0.15, 0.2) is 105 Å². The molecule has 0 saturated carbocycles. The first kappa shape index (κ1) is 29.6. The number of anilines is 2. The Morgan fingerprint density at radius 1 is 0.957 bits per heavy atom. The highest BCUT2D eigenvalue weighted by atomic mass is 35.5. The molecule has 2 aliphatic rings. The number of carbonyl (C=O) groups excluding carboxylic acids is 2. The molecule has 1 unspecified atom stereocenters. The van der Waals surface area contributed by atoms with E-state index < -0.39 is 28.6 Å². The number of benzene rings is 4. The lowest BCUT2D eigenvalue weighted by Crippen LogP contribution is -2.53. The predicted octanol–water partition coefficient (Wildman–Crippen LogP) is 7.49. The van der Waals surface area contributed by atoms with Gasteiger partial charge in [0.05, 0.1) is 23.2 Å². The Bertz CT molecular complexity index is 2330. The first-order valence-electron chi connectivity index (χ1n) is 14.6.